The molecule has 1 fully saturated rings. The van der Waals surface area contributed by atoms with E-state index in [0.29, 0.717) is 42.6 Å². The third kappa shape index (κ3) is 4.33. The Hall–Kier alpha value is -1.91. The van der Waals surface area contributed by atoms with E-state index in [9.17, 15) is 8.42 Å². The molecule has 1 atom stereocenters. The first-order chi connectivity index (χ1) is 12.9. The Labute approximate surface area is 163 Å². The van der Waals surface area contributed by atoms with Gasteiger partial charge in [-0.2, -0.15) is 0 Å². The van der Waals surface area contributed by atoms with Crippen molar-refractivity contribution in [1.82, 2.24) is 14.7 Å². The van der Waals surface area contributed by atoms with Crippen LogP contribution in [0.25, 0.3) is 11.5 Å². The van der Waals surface area contributed by atoms with E-state index < -0.39 is 9.84 Å². The highest BCUT2D eigenvalue weighted by molar-refractivity contribution is 7.91. The highest BCUT2D eigenvalue weighted by atomic mass is 32.2. The molecule has 0 aliphatic carbocycles. The highest BCUT2D eigenvalue weighted by Crippen LogP contribution is 2.31. The molecule has 0 radical (unpaired) electrons. The van der Waals surface area contributed by atoms with E-state index >= 15 is 0 Å². The van der Waals surface area contributed by atoms with Crippen molar-refractivity contribution >= 4 is 22.1 Å². The van der Waals surface area contributed by atoms with Crippen LogP contribution in [0.1, 0.15) is 13.3 Å². The lowest BCUT2D eigenvalue weighted by molar-refractivity contribution is 0.162. The fourth-order valence-electron chi connectivity index (χ4n) is 3.19. The van der Waals surface area contributed by atoms with Gasteiger partial charge in [0, 0.05) is 11.6 Å². The van der Waals surface area contributed by atoms with Crippen molar-refractivity contribution in [2.75, 3.05) is 32.3 Å². The molecule has 148 valence electrons. The molecule has 1 aromatic carbocycles. The quantitative estimate of drug-likeness (QED) is 0.640. The van der Waals surface area contributed by atoms with Crippen molar-refractivity contribution in [2.45, 2.75) is 26.1 Å². The minimum atomic E-state index is -2.95. The van der Waals surface area contributed by atoms with Crippen molar-refractivity contribution in [1.29, 1.82) is 0 Å². The standard InChI is InChI=1S/C17H23N3O5S2/c1-4-19(13-7-8-27(21,22)10-13)11-20-17(26)25-16(18-20)12-5-6-14(23-2)15(9-12)24-3/h5-6,9,13H,4,7-8,10-11H2,1-3H3/t13-/m0/s1. The van der Waals surface area contributed by atoms with Crippen LogP contribution in [0.5, 0.6) is 11.5 Å². The average molecular weight is 414 g/mol. The van der Waals surface area contributed by atoms with Gasteiger partial charge in [-0.1, -0.05) is 6.92 Å². The average Bonchev–Trinajstić information content (AvgIpc) is 3.20. The van der Waals surface area contributed by atoms with E-state index in [4.69, 9.17) is 26.1 Å². The SMILES string of the molecule is CCN(Cn1nc(-c2ccc(OC)c(OC)c2)oc1=S)[C@H]1CCS(=O)(=O)C1. The number of hydrogen-bond donors (Lipinski definition) is 0. The summed E-state index contributed by atoms with van der Waals surface area (Å²) in [7, 11) is 0.178. The van der Waals surface area contributed by atoms with E-state index in [0.717, 1.165) is 0 Å². The molecular formula is C17H23N3O5S2. The summed E-state index contributed by atoms with van der Waals surface area (Å²) >= 11 is 5.30. The van der Waals surface area contributed by atoms with Crippen LogP contribution in [0.2, 0.25) is 0 Å². The predicted molar refractivity (Wildman–Crippen MR) is 103 cm³/mol. The van der Waals surface area contributed by atoms with E-state index in [1.807, 2.05) is 13.0 Å². The van der Waals surface area contributed by atoms with Gasteiger partial charge in [-0.3, -0.25) is 4.90 Å². The van der Waals surface area contributed by atoms with Gasteiger partial charge in [-0.25, -0.2) is 13.1 Å². The van der Waals surface area contributed by atoms with E-state index in [-0.39, 0.29) is 22.4 Å². The summed E-state index contributed by atoms with van der Waals surface area (Å²) < 4.78 is 41.3. The van der Waals surface area contributed by atoms with Crippen LogP contribution in [0.3, 0.4) is 0 Å². The second kappa shape index (κ2) is 7.99. The minimum absolute atomic E-state index is 0.0249. The van der Waals surface area contributed by atoms with Crippen molar-refractivity contribution in [3.63, 3.8) is 0 Å². The lowest BCUT2D eigenvalue weighted by Gasteiger charge is -2.25. The lowest BCUT2D eigenvalue weighted by Crippen LogP contribution is -2.37. The third-order valence-electron chi connectivity index (χ3n) is 4.68. The zero-order chi connectivity index (χ0) is 19.6. The number of nitrogens with zero attached hydrogens (tertiary/aromatic N) is 3. The van der Waals surface area contributed by atoms with Gasteiger partial charge in [0.05, 0.1) is 32.4 Å². The fourth-order valence-corrected chi connectivity index (χ4v) is 5.13. The monoisotopic (exact) mass is 413 g/mol. The van der Waals surface area contributed by atoms with Crippen molar-refractivity contribution in [3.05, 3.63) is 23.0 Å². The van der Waals surface area contributed by atoms with Gasteiger partial charge in [0.2, 0.25) is 5.89 Å². The number of rotatable bonds is 7. The Bertz CT molecular complexity index is 967. The molecule has 1 aromatic heterocycles. The summed E-state index contributed by atoms with van der Waals surface area (Å²) in [5, 5.41) is 4.46. The van der Waals surface area contributed by atoms with E-state index in [1.165, 1.54) is 0 Å². The van der Waals surface area contributed by atoms with Crippen LogP contribution < -0.4 is 9.47 Å². The maximum atomic E-state index is 11.8. The van der Waals surface area contributed by atoms with E-state index in [2.05, 4.69) is 10.00 Å². The zero-order valence-electron chi connectivity index (χ0n) is 15.5. The maximum absolute atomic E-state index is 11.8. The summed E-state index contributed by atoms with van der Waals surface area (Å²) in [5.41, 5.74) is 0.712. The molecule has 1 aliphatic rings. The van der Waals surface area contributed by atoms with Gasteiger partial charge in [0.1, 0.15) is 0 Å². The molecule has 0 N–H and O–H groups in total. The van der Waals surface area contributed by atoms with Gasteiger partial charge in [-0.15, -0.1) is 5.10 Å². The molecule has 10 heteroatoms. The lowest BCUT2D eigenvalue weighted by atomic mass is 10.2. The first-order valence-corrected chi connectivity index (χ1v) is 10.8. The molecule has 0 amide bonds. The summed E-state index contributed by atoms with van der Waals surface area (Å²) in [6, 6.07) is 5.33. The molecule has 2 aromatic rings. The fraction of sp³-hybridized carbons (Fsp3) is 0.529. The Kier molecular flexibility index (Phi) is 5.87. The molecule has 0 saturated carbocycles. The Balaban J connectivity index is 1.83. The number of methoxy groups -OCH3 is 2. The Morgan fingerprint density at radius 3 is 2.67 bits per heavy atom. The predicted octanol–water partition coefficient (Wildman–Crippen LogP) is 2.36. The third-order valence-corrected chi connectivity index (χ3v) is 6.73. The van der Waals surface area contributed by atoms with Crippen LogP contribution in [-0.2, 0) is 16.5 Å². The number of benzene rings is 1. The van der Waals surface area contributed by atoms with Crippen LogP contribution in [0.15, 0.2) is 22.6 Å². The Morgan fingerprint density at radius 2 is 2.07 bits per heavy atom. The molecule has 0 unspecified atom stereocenters. The number of sulfone groups is 1. The van der Waals surface area contributed by atoms with Crippen LogP contribution in [0, 0.1) is 4.84 Å². The largest absolute Gasteiger partial charge is 0.493 e. The molecule has 8 nitrogen and oxygen atoms in total. The van der Waals surface area contributed by atoms with Crippen LogP contribution in [0.4, 0.5) is 0 Å². The summed E-state index contributed by atoms with van der Waals surface area (Å²) in [6.45, 7) is 3.07. The van der Waals surface area contributed by atoms with Crippen LogP contribution >= 0.6 is 12.2 Å². The molecule has 27 heavy (non-hydrogen) atoms. The maximum Gasteiger partial charge on any atom is 0.288 e. The number of hydrogen-bond acceptors (Lipinski definition) is 8. The van der Waals surface area contributed by atoms with Gasteiger partial charge in [0.25, 0.3) is 4.84 Å². The normalized spacial score (nSPS) is 18.7. The van der Waals surface area contributed by atoms with Gasteiger partial charge in [0.15, 0.2) is 21.3 Å². The summed E-state index contributed by atoms with van der Waals surface area (Å²) in [6.07, 6.45) is 0.629. The minimum Gasteiger partial charge on any atom is -0.493 e. The first-order valence-electron chi connectivity index (χ1n) is 8.61. The molecule has 0 spiro atoms. The van der Waals surface area contributed by atoms with Crippen molar-refractivity contribution in [3.8, 4) is 23.0 Å². The van der Waals surface area contributed by atoms with Gasteiger partial charge >= 0.3 is 0 Å². The Morgan fingerprint density at radius 1 is 1.33 bits per heavy atom. The second-order valence-electron chi connectivity index (χ2n) is 6.35. The summed E-state index contributed by atoms with van der Waals surface area (Å²) in [4.78, 5) is 2.29. The second-order valence-corrected chi connectivity index (χ2v) is 8.92. The molecule has 1 saturated heterocycles. The molecule has 2 heterocycles. The van der Waals surface area contributed by atoms with Crippen molar-refractivity contribution in [2.24, 2.45) is 0 Å². The molecule has 3 rings (SSSR count). The molecular weight excluding hydrogens is 390 g/mol. The molecule has 0 bridgehead atoms. The number of aromatic nitrogens is 2. The van der Waals surface area contributed by atoms with Gasteiger partial charge in [-0.05, 0) is 43.4 Å². The topological polar surface area (TPSA) is 86.8 Å². The smallest absolute Gasteiger partial charge is 0.288 e. The van der Waals surface area contributed by atoms with Gasteiger partial charge < -0.3 is 13.9 Å². The first kappa shape index (κ1) is 19.8. The summed E-state index contributed by atoms with van der Waals surface area (Å²) in [5.74, 6) is 1.95. The van der Waals surface area contributed by atoms with Crippen LogP contribution in [-0.4, -0.2) is 61.4 Å². The highest BCUT2D eigenvalue weighted by Gasteiger charge is 2.32. The van der Waals surface area contributed by atoms with Crippen molar-refractivity contribution < 1.29 is 22.3 Å². The zero-order valence-corrected chi connectivity index (χ0v) is 17.2. The van der Waals surface area contributed by atoms with E-state index in [1.54, 1.807) is 31.0 Å². The molecule has 1 aliphatic heterocycles. The number of ether oxygens (including phenoxy) is 2.